The first-order chi connectivity index (χ1) is 10.5. The van der Waals surface area contributed by atoms with Crippen molar-refractivity contribution in [1.29, 1.82) is 0 Å². The highest BCUT2D eigenvalue weighted by atomic mass is 32.2. The van der Waals surface area contributed by atoms with Crippen molar-refractivity contribution in [1.82, 2.24) is 0 Å². The fourth-order valence-corrected chi connectivity index (χ4v) is 4.64. The highest BCUT2D eigenvalue weighted by molar-refractivity contribution is 7.93. The first-order valence-electron chi connectivity index (χ1n) is 6.93. The molecule has 1 amide bonds. The van der Waals surface area contributed by atoms with Crippen molar-refractivity contribution in [2.24, 2.45) is 0 Å². The molecule has 1 aromatic carbocycles. The molecule has 0 spiro atoms. The Balaban J connectivity index is 1.82. The molecule has 0 saturated carbocycles. The van der Waals surface area contributed by atoms with Crippen LogP contribution in [-0.4, -0.2) is 26.6 Å². The molecule has 1 fully saturated rings. The maximum atomic E-state index is 12.1. The summed E-state index contributed by atoms with van der Waals surface area (Å²) in [6, 6.07) is 8.88. The second kappa shape index (κ2) is 5.73. The summed E-state index contributed by atoms with van der Waals surface area (Å²) in [6.45, 7) is 2.37. The molecule has 7 heteroatoms. The van der Waals surface area contributed by atoms with Gasteiger partial charge in [-0.05, 0) is 48.6 Å². The normalized spacial score (nSPS) is 16.7. The summed E-state index contributed by atoms with van der Waals surface area (Å²) in [5, 5.41) is 4.70. The monoisotopic (exact) mass is 336 g/mol. The van der Waals surface area contributed by atoms with Crippen LogP contribution in [0.4, 0.5) is 11.4 Å². The zero-order valence-corrected chi connectivity index (χ0v) is 13.7. The number of hydrogen-bond acceptors (Lipinski definition) is 4. The van der Waals surface area contributed by atoms with E-state index in [0.29, 0.717) is 29.2 Å². The SMILES string of the molecule is Cc1cc(N2CCCS2(=O)=O)ccc1NC(=O)c1cccs1. The third-order valence-electron chi connectivity index (χ3n) is 3.59. The Morgan fingerprint density at radius 1 is 1.32 bits per heavy atom. The molecule has 1 N–H and O–H groups in total. The highest BCUT2D eigenvalue weighted by Crippen LogP contribution is 2.28. The number of amides is 1. The van der Waals surface area contributed by atoms with Crippen molar-refractivity contribution in [3.8, 4) is 0 Å². The molecule has 0 atom stereocenters. The van der Waals surface area contributed by atoms with Crippen LogP contribution >= 0.6 is 11.3 Å². The molecule has 1 aliphatic heterocycles. The number of aryl methyl sites for hydroxylation is 1. The van der Waals surface area contributed by atoms with E-state index in [0.717, 1.165) is 5.56 Å². The summed E-state index contributed by atoms with van der Waals surface area (Å²) < 4.78 is 25.3. The van der Waals surface area contributed by atoms with Crippen molar-refractivity contribution in [3.05, 3.63) is 46.2 Å². The van der Waals surface area contributed by atoms with Crippen LogP contribution in [0.2, 0.25) is 0 Å². The van der Waals surface area contributed by atoms with Crippen molar-refractivity contribution < 1.29 is 13.2 Å². The van der Waals surface area contributed by atoms with Crippen molar-refractivity contribution >= 4 is 38.6 Å². The quantitative estimate of drug-likeness (QED) is 0.937. The number of hydrogen-bond donors (Lipinski definition) is 1. The van der Waals surface area contributed by atoms with Crippen LogP contribution < -0.4 is 9.62 Å². The van der Waals surface area contributed by atoms with Gasteiger partial charge in [-0.2, -0.15) is 0 Å². The largest absolute Gasteiger partial charge is 0.321 e. The van der Waals surface area contributed by atoms with Crippen LogP contribution in [0.25, 0.3) is 0 Å². The number of carbonyl (C=O) groups excluding carboxylic acids is 1. The van der Waals surface area contributed by atoms with Crippen molar-refractivity contribution in [3.63, 3.8) is 0 Å². The molecule has 22 heavy (non-hydrogen) atoms. The minimum atomic E-state index is -3.18. The predicted octanol–water partition coefficient (Wildman–Crippen LogP) is 2.85. The van der Waals surface area contributed by atoms with Gasteiger partial charge >= 0.3 is 0 Å². The molecule has 116 valence electrons. The molecule has 1 saturated heterocycles. The number of rotatable bonds is 3. The number of thiophene rings is 1. The average molecular weight is 336 g/mol. The molecular weight excluding hydrogens is 320 g/mol. The maximum absolute atomic E-state index is 12.1. The van der Waals surface area contributed by atoms with E-state index in [9.17, 15) is 13.2 Å². The number of benzene rings is 1. The van der Waals surface area contributed by atoms with Gasteiger partial charge in [-0.1, -0.05) is 6.07 Å². The van der Waals surface area contributed by atoms with E-state index in [2.05, 4.69) is 5.32 Å². The Kier molecular flexibility index (Phi) is 3.92. The van der Waals surface area contributed by atoms with Crippen LogP contribution in [0, 0.1) is 6.92 Å². The lowest BCUT2D eigenvalue weighted by Gasteiger charge is -2.18. The Morgan fingerprint density at radius 3 is 2.73 bits per heavy atom. The van der Waals surface area contributed by atoms with Crippen LogP contribution in [0.1, 0.15) is 21.7 Å². The predicted molar refractivity (Wildman–Crippen MR) is 89.2 cm³/mol. The van der Waals surface area contributed by atoms with E-state index in [1.54, 1.807) is 24.3 Å². The molecular formula is C15H16N2O3S2. The van der Waals surface area contributed by atoms with Crippen LogP contribution in [0.15, 0.2) is 35.7 Å². The fourth-order valence-electron chi connectivity index (χ4n) is 2.46. The first-order valence-corrected chi connectivity index (χ1v) is 9.42. The lowest BCUT2D eigenvalue weighted by atomic mass is 10.1. The molecule has 0 unspecified atom stereocenters. The van der Waals surface area contributed by atoms with E-state index >= 15 is 0 Å². The summed E-state index contributed by atoms with van der Waals surface area (Å²) in [5.74, 6) is 0.0442. The topological polar surface area (TPSA) is 66.5 Å². The Bertz CT molecular complexity index is 798. The van der Waals surface area contributed by atoms with Gasteiger partial charge in [0, 0.05) is 12.2 Å². The molecule has 5 nitrogen and oxygen atoms in total. The Morgan fingerprint density at radius 2 is 2.14 bits per heavy atom. The first kappa shape index (κ1) is 15.1. The number of anilines is 2. The van der Waals surface area contributed by atoms with Crippen molar-refractivity contribution in [2.45, 2.75) is 13.3 Å². The molecule has 1 aromatic heterocycles. The fraction of sp³-hybridized carbons (Fsp3) is 0.267. The third-order valence-corrected chi connectivity index (χ3v) is 6.33. The summed E-state index contributed by atoms with van der Waals surface area (Å²) in [7, 11) is -3.18. The van der Waals surface area contributed by atoms with E-state index in [1.807, 2.05) is 18.4 Å². The minimum Gasteiger partial charge on any atom is -0.321 e. The van der Waals surface area contributed by atoms with E-state index in [1.165, 1.54) is 15.6 Å². The average Bonchev–Trinajstić information content (AvgIpc) is 3.10. The summed E-state index contributed by atoms with van der Waals surface area (Å²) in [4.78, 5) is 12.7. The van der Waals surface area contributed by atoms with Gasteiger partial charge in [0.15, 0.2) is 0 Å². The Labute approximate surface area is 133 Å². The van der Waals surface area contributed by atoms with Crippen molar-refractivity contribution in [2.75, 3.05) is 21.9 Å². The molecule has 3 rings (SSSR count). The summed E-state index contributed by atoms with van der Waals surface area (Å²) >= 11 is 1.38. The smallest absolute Gasteiger partial charge is 0.265 e. The number of nitrogens with zero attached hydrogens (tertiary/aromatic N) is 1. The lowest BCUT2D eigenvalue weighted by Crippen LogP contribution is -2.25. The lowest BCUT2D eigenvalue weighted by molar-refractivity contribution is 0.103. The molecule has 1 aliphatic rings. The Hall–Kier alpha value is -1.86. The van der Waals surface area contributed by atoms with Gasteiger partial charge in [-0.15, -0.1) is 11.3 Å². The number of sulfonamides is 1. The van der Waals surface area contributed by atoms with Gasteiger partial charge in [0.1, 0.15) is 0 Å². The van der Waals surface area contributed by atoms with Crippen LogP contribution in [0.3, 0.4) is 0 Å². The standard InChI is InChI=1S/C15H16N2O3S2/c1-11-10-12(17-7-3-9-22(17,19)20)5-6-13(11)16-15(18)14-4-2-8-21-14/h2,4-6,8,10H,3,7,9H2,1H3,(H,16,18). The molecule has 0 radical (unpaired) electrons. The zero-order chi connectivity index (χ0) is 15.7. The molecule has 2 aromatic rings. The van der Waals surface area contributed by atoms with Gasteiger partial charge < -0.3 is 5.32 Å². The second-order valence-corrected chi connectivity index (χ2v) is 8.13. The van der Waals surface area contributed by atoms with Gasteiger partial charge in [-0.3, -0.25) is 9.10 Å². The summed E-state index contributed by atoms with van der Waals surface area (Å²) in [5.41, 5.74) is 2.19. The van der Waals surface area contributed by atoms with Gasteiger partial charge in [0.2, 0.25) is 10.0 Å². The molecule has 0 aliphatic carbocycles. The minimum absolute atomic E-state index is 0.153. The molecule has 0 bridgehead atoms. The van der Waals surface area contributed by atoms with Crippen LogP contribution in [-0.2, 0) is 10.0 Å². The van der Waals surface area contributed by atoms with Gasteiger partial charge in [0.05, 0.1) is 16.3 Å². The second-order valence-electron chi connectivity index (χ2n) is 5.17. The number of carbonyl (C=O) groups is 1. The van der Waals surface area contributed by atoms with E-state index in [4.69, 9.17) is 0 Å². The maximum Gasteiger partial charge on any atom is 0.265 e. The zero-order valence-electron chi connectivity index (χ0n) is 12.1. The van der Waals surface area contributed by atoms with E-state index in [-0.39, 0.29) is 11.7 Å². The van der Waals surface area contributed by atoms with Gasteiger partial charge in [-0.25, -0.2) is 8.42 Å². The third kappa shape index (κ3) is 2.86. The molecule has 2 heterocycles. The highest BCUT2D eigenvalue weighted by Gasteiger charge is 2.28. The van der Waals surface area contributed by atoms with Gasteiger partial charge in [0.25, 0.3) is 5.91 Å². The van der Waals surface area contributed by atoms with Crippen LogP contribution in [0.5, 0.6) is 0 Å². The summed E-state index contributed by atoms with van der Waals surface area (Å²) in [6.07, 6.45) is 0.651. The van der Waals surface area contributed by atoms with E-state index < -0.39 is 10.0 Å². The number of nitrogens with one attached hydrogen (secondary N) is 1.